The van der Waals surface area contributed by atoms with E-state index in [1.54, 1.807) is 6.07 Å². The lowest BCUT2D eigenvalue weighted by Gasteiger charge is -2.25. The van der Waals surface area contributed by atoms with E-state index in [-0.39, 0.29) is 0 Å². The van der Waals surface area contributed by atoms with Crippen LogP contribution in [-0.4, -0.2) is 5.11 Å². The van der Waals surface area contributed by atoms with Gasteiger partial charge in [0, 0.05) is 0 Å². The van der Waals surface area contributed by atoms with E-state index in [0.29, 0.717) is 23.1 Å². The van der Waals surface area contributed by atoms with Gasteiger partial charge in [-0.15, -0.1) is 0 Å². The minimum absolute atomic E-state index is 0.425. The SMILES string of the molecule is N#CC1(C(O)c2occc2Br)Cc2ccccc2C1. The maximum Gasteiger partial charge on any atom is 0.148 e. The number of benzene rings is 1. The zero-order valence-corrected chi connectivity index (χ0v) is 11.7. The van der Waals surface area contributed by atoms with Crippen molar-refractivity contribution in [2.45, 2.75) is 18.9 Å². The Morgan fingerprint density at radius 3 is 2.37 bits per heavy atom. The van der Waals surface area contributed by atoms with Gasteiger partial charge in [-0.05, 0) is 46.0 Å². The highest BCUT2D eigenvalue weighted by atomic mass is 79.9. The third kappa shape index (κ3) is 1.90. The number of nitriles is 1. The number of fused-ring (bicyclic) bond motifs is 1. The average Bonchev–Trinajstić information content (AvgIpc) is 3.01. The van der Waals surface area contributed by atoms with Crippen LogP contribution in [0.3, 0.4) is 0 Å². The molecule has 19 heavy (non-hydrogen) atoms. The van der Waals surface area contributed by atoms with Crippen molar-refractivity contribution >= 4 is 15.9 Å². The molecule has 1 aliphatic carbocycles. The Kier molecular flexibility index (Phi) is 2.96. The quantitative estimate of drug-likeness (QED) is 0.923. The lowest BCUT2D eigenvalue weighted by molar-refractivity contribution is 0.0490. The number of hydrogen-bond donors (Lipinski definition) is 1. The largest absolute Gasteiger partial charge is 0.465 e. The van der Waals surface area contributed by atoms with Crippen molar-refractivity contribution in [1.82, 2.24) is 0 Å². The molecule has 0 radical (unpaired) electrons. The van der Waals surface area contributed by atoms with Crippen molar-refractivity contribution in [3.63, 3.8) is 0 Å². The van der Waals surface area contributed by atoms with Crippen molar-refractivity contribution < 1.29 is 9.52 Å². The van der Waals surface area contributed by atoms with Gasteiger partial charge in [0.1, 0.15) is 11.9 Å². The van der Waals surface area contributed by atoms with Crippen molar-refractivity contribution in [3.05, 3.63) is 58.0 Å². The summed E-state index contributed by atoms with van der Waals surface area (Å²) in [6, 6.07) is 12.0. The second kappa shape index (κ2) is 4.52. The molecule has 2 aromatic rings. The van der Waals surface area contributed by atoms with Crippen LogP contribution in [0.5, 0.6) is 0 Å². The second-order valence-corrected chi connectivity index (χ2v) is 5.78. The molecule has 0 saturated heterocycles. The van der Waals surface area contributed by atoms with Crippen LogP contribution in [0, 0.1) is 16.7 Å². The average molecular weight is 318 g/mol. The molecule has 0 amide bonds. The zero-order valence-electron chi connectivity index (χ0n) is 10.1. The topological polar surface area (TPSA) is 57.2 Å². The van der Waals surface area contributed by atoms with E-state index in [4.69, 9.17) is 4.42 Å². The standard InChI is InChI=1S/C15H12BrNO2/c16-12-5-6-19-13(12)14(18)15(9-17)7-10-3-1-2-4-11(10)8-15/h1-6,14,18H,7-8H2. The lowest BCUT2D eigenvalue weighted by atomic mass is 9.79. The fourth-order valence-electron chi connectivity index (χ4n) is 2.73. The highest BCUT2D eigenvalue weighted by Gasteiger charge is 2.46. The molecule has 1 aromatic heterocycles. The first-order valence-electron chi connectivity index (χ1n) is 6.05. The van der Waals surface area contributed by atoms with Gasteiger partial charge in [0.25, 0.3) is 0 Å². The first kappa shape index (κ1) is 12.5. The molecule has 1 unspecified atom stereocenters. The minimum Gasteiger partial charge on any atom is -0.465 e. The number of furan rings is 1. The van der Waals surface area contributed by atoms with Crippen LogP contribution in [0.15, 0.2) is 45.5 Å². The molecule has 1 atom stereocenters. The van der Waals surface area contributed by atoms with Gasteiger partial charge in [0.2, 0.25) is 0 Å². The maximum absolute atomic E-state index is 10.6. The summed E-state index contributed by atoms with van der Waals surface area (Å²) in [5.41, 5.74) is 1.42. The van der Waals surface area contributed by atoms with Gasteiger partial charge in [-0.25, -0.2) is 0 Å². The van der Waals surface area contributed by atoms with Crippen LogP contribution < -0.4 is 0 Å². The molecule has 3 nitrogen and oxygen atoms in total. The van der Waals surface area contributed by atoms with Gasteiger partial charge in [0.15, 0.2) is 0 Å². The zero-order chi connectivity index (χ0) is 13.5. The van der Waals surface area contributed by atoms with E-state index >= 15 is 0 Å². The highest BCUT2D eigenvalue weighted by Crippen LogP contribution is 2.46. The number of hydrogen-bond acceptors (Lipinski definition) is 3. The summed E-state index contributed by atoms with van der Waals surface area (Å²) in [6.07, 6.45) is 1.67. The lowest BCUT2D eigenvalue weighted by Crippen LogP contribution is -2.28. The van der Waals surface area contributed by atoms with Crippen molar-refractivity contribution in [3.8, 4) is 6.07 Å². The molecule has 0 spiro atoms. The number of nitrogens with zero attached hydrogens (tertiary/aromatic N) is 1. The molecule has 4 heteroatoms. The summed E-state index contributed by atoms with van der Waals surface area (Å²) in [5, 5.41) is 20.1. The molecule has 96 valence electrons. The molecule has 3 rings (SSSR count). The summed E-state index contributed by atoms with van der Waals surface area (Å²) >= 11 is 3.34. The molecule has 0 saturated carbocycles. The van der Waals surface area contributed by atoms with Crippen LogP contribution in [0.25, 0.3) is 0 Å². The summed E-state index contributed by atoms with van der Waals surface area (Å²) in [4.78, 5) is 0. The molecule has 1 aliphatic rings. The fraction of sp³-hybridized carbons (Fsp3) is 0.267. The van der Waals surface area contributed by atoms with Crippen LogP contribution in [0.2, 0.25) is 0 Å². The van der Waals surface area contributed by atoms with Crippen molar-refractivity contribution in [2.75, 3.05) is 0 Å². The van der Waals surface area contributed by atoms with E-state index in [2.05, 4.69) is 22.0 Å². The number of aliphatic hydroxyl groups excluding tert-OH is 1. The summed E-state index contributed by atoms with van der Waals surface area (Å²) in [7, 11) is 0. The first-order chi connectivity index (χ1) is 9.16. The molecule has 0 fully saturated rings. The minimum atomic E-state index is -0.936. The molecular weight excluding hydrogens is 306 g/mol. The van der Waals surface area contributed by atoms with Gasteiger partial charge in [0.05, 0.1) is 22.2 Å². The smallest absolute Gasteiger partial charge is 0.148 e. The number of rotatable bonds is 2. The predicted octanol–water partition coefficient (Wildman–Crippen LogP) is 3.38. The Morgan fingerprint density at radius 1 is 1.26 bits per heavy atom. The van der Waals surface area contributed by atoms with Gasteiger partial charge in [-0.2, -0.15) is 5.26 Å². The van der Waals surface area contributed by atoms with Crippen LogP contribution in [0.1, 0.15) is 23.0 Å². The monoisotopic (exact) mass is 317 g/mol. The Morgan fingerprint density at radius 2 is 1.89 bits per heavy atom. The third-order valence-electron chi connectivity index (χ3n) is 3.77. The number of aliphatic hydroxyl groups is 1. The Balaban J connectivity index is 2.00. The van der Waals surface area contributed by atoms with E-state index in [1.165, 1.54) is 6.26 Å². The summed E-state index contributed by atoms with van der Waals surface area (Å²) in [6.45, 7) is 0. The Bertz CT molecular complexity index is 631. The summed E-state index contributed by atoms with van der Waals surface area (Å²) in [5.74, 6) is 0.425. The first-order valence-corrected chi connectivity index (χ1v) is 6.84. The molecule has 1 N–H and O–H groups in total. The Labute approximate surface area is 119 Å². The van der Waals surface area contributed by atoms with E-state index in [9.17, 15) is 10.4 Å². The molecule has 0 bridgehead atoms. The van der Waals surface area contributed by atoms with Crippen LogP contribution in [-0.2, 0) is 12.8 Å². The van der Waals surface area contributed by atoms with Crippen LogP contribution in [0.4, 0.5) is 0 Å². The molecule has 0 aliphatic heterocycles. The molecule has 1 heterocycles. The second-order valence-electron chi connectivity index (χ2n) is 4.93. The van der Waals surface area contributed by atoms with Crippen molar-refractivity contribution in [1.29, 1.82) is 5.26 Å². The van der Waals surface area contributed by atoms with E-state index < -0.39 is 11.5 Å². The van der Waals surface area contributed by atoms with Gasteiger partial charge >= 0.3 is 0 Å². The van der Waals surface area contributed by atoms with E-state index in [0.717, 1.165) is 11.1 Å². The molecular formula is C15H12BrNO2. The van der Waals surface area contributed by atoms with Gasteiger partial charge in [-0.3, -0.25) is 0 Å². The number of halogens is 1. The summed E-state index contributed by atoms with van der Waals surface area (Å²) < 4.78 is 6.02. The highest BCUT2D eigenvalue weighted by molar-refractivity contribution is 9.10. The predicted molar refractivity (Wildman–Crippen MR) is 73.3 cm³/mol. The molecule has 1 aromatic carbocycles. The van der Waals surface area contributed by atoms with Crippen molar-refractivity contribution in [2.24, 2.45) is 5.41 Å². The van der Waals surface area contributed by atoms with E-state index in [1.807, 2.05) is 24.3 Å². The van der Waals surface area contributed by atoms with Crippen LogP contribution >= 0.6 is 15.9 Å². The maximum atomic E-state index is 10.6. The van der Waals surface area contributed by atoms with Gasteiger partial charge in [-0.1, -0.05) is 24.3 Å². The van der Waals surface area contributed by atoms with Gasteiger partial charge < -0.3 is 9.52 Å². The Hall–Kier alpha value is -1.57. The normalized spacial score (nSPS) is 17.7. The fourth-order valence-corrected chi connectivity index (χ4v) is 3.15. The third-order valence-corrected chi connectivity index (χ3v) is 4.42.